The van der Waals surface area contributed by atoms with Crippen molar-refractivity contribution >= 4 is 5.69 Å². The van der Waals surface area contributed by atoms with Gasteiger partial charge in [0.1, 0.15) is 13.2 Å². The van der Waals surface area contributed by atoms with E-state index in [1.165, 1.54) is 0 Å². The fourth-order valence-electron chi connectivity index (χ4n) is 1.54. The number of hydrogen-bond acceptors (Lipinski definition) is 5. The molecule has 0 radical (unpaired) electrons. The zero-order valence-corrected chi connectivity index (χ0v) is 10.4. The Morgan fingerprint density at radius 3 is 2.67 bits per heavy atom. The van der Waals surface area contributed by atoms with E-state index in [0.717, 1.165) is 5.69 Å². The Morgan fingerprint density at radius 1 is 1.33 bits per heavy atom. The molecule has 0 unspecified atom stereocenters. The Morgan fingerprint density at radius 2 is 2.00 bits per heavy atom. The van der Waals surface area contributed by atoms with Crippen LogP contribution in [0.4, 0.5) is 5.69 Å². The number of nitrogens with zero attached hydrogens (tertiary/aromatic N) is 1. The Labute approximate surface area is 105 Å². The summed E-state index contributed by atoms with van der Waals surface area (Å²) >= 11 is 0. The van der Waals surface area contributed by atoms with Crippen LogP contribution in [0, 0.1) is 10.1 Å². The van der Waals surface area contributed by atoms with Crippen LogP contribution in [0.5, 0.6) is 11.5 Å². The first kappa shape index (κ1) is 12.5. The molecule has 1 aromatic rings. The Bertz CT molecular complexity index is 459. The summed E-state index contributed by atoms with van der Waals surface area (Å²) in [5.41, 5.74) is -0.220. The predicted molar refractivity (Wildman–Crippen MR) is 67.0 cm³/mol. The van der Waals surface area contributed by atoms with Crippen LogP contribution in [0.3, 0.4) is 0 Å². The summed E-state index contributed by atoms with van der Waals surface area (Å²) < 4.78 is 10.8. The number of hydrogen-bond donors (Lipinski definition) is 1. The van der Waals surface area contributed by atoms with Crippen molar-refractivity contribution in [1.82, 2.24) is 0 Å². The normalized spacial score (nSPS) is 14.1. The average molecular weight is 252 g/mol. The highest BCUT2D eigenvalue weighted by molar-refractivity contribution is 5.55. The summed E-state index contributed by atoms with van der Waals surface area (Å²) in [5, 5.41) is 13.8. The molecule has 0 fully saturated rings. The van der Waals surface area contributed by atoms with E-state index in [0.29, 0.717) is 24.7 Å². The van der Waals surface area contributed by atoms with Gasteiger partial charge in [-0.25, -0.2) is 0 Å². The number of anilines is 1. The monoisotopic (exact) mass is 252 g/mol. The first-order chi connectivity index (χ1) is 8.49. The van der Waals surface area contributed by atoms with Crippen molar-refractivity contribution in [2.24, 2.45) is 0 Å². The molecule has 0 atom stereocenters. The molecular formula is C12H16N2O4. The van der Waals surface area contributed by atoms with Crippen LogP contribution in [0.1, 0.15) is 13.8 Å². The highest BCUT2D eigenvalue weighted by Gasteiger charge is 2.30. The molecule has 0 bridgehead atoms. The second-order valence-electron chi connectivity index (χ2n) is 4.78. The zero-order valence-electron chi connectivity index (χ0n) is 10.4. The van der Waals surface area contributed by atoms with Gasteiger partial charge in [-0.05, 0) is 12.1 Å². The first-order valence-corrected chi connectivity index (χ1v) is 5.77. The van der Waals surface area contributed by atoms with Crippen molar-refractivity contribution in [3.63, 3.8) is 0 Å². The number of nitrogens with one attached hydrogen (secondary N) is 1. The minimum absolute atomic E-state index is 0.250. The van der Waals surface area contributed by atoms with E-state index in [2.05, 4.69) is 5.32 Å². The molecular weight excluding hydrogens is 236 g/mol. The summed E-state index contributed by atoms with van der Waals surface area (Å²) in [4.78, 5) is 10.5. The van der Waals surface area contributed by atoms with Crippen LogP contribution in [0.15, 0.2) is 18.2 Å². The lowest BCUT2D eigenvalue weighted by atomic mass is 10.1. The molecule has 1 heterocycles. The smallest absolute Gasteiger partial charge is 0.233 e. The fourth-order valence-corrected chi connectivity index (χ4v) is 1.54. The van der Waals surface area contributed by atoms with Gasteiger partial charge in [0.15, 0.2) is 11.5 Å². The van der Waals surface area contributed by atoms with Crippen LogP contribution >= 0.6 is 0 Å². The van der Waals surface area contributed by atoms with Crippen LogP contribution in [-0.4, -0.2) is 30.2 Å². The molecule has 0 spiro atoms. The molecule has 18 heavy (non-hydrogen) atoms. The Kier molecular flexibility index (Phi) is 3.27. The summed E-state index contributed by atoms with van der Waals surface area (Å²) in [6.07, 6.45) is 0. The second kappa shape index (κ2) is 4.72. The van der Waals surface area contributed by atoms with Gasteiger partial charge in [0.2, 0.25) is 5.54 Å². The minimum atomic E-state index is -1.01. The van der Waals surface area contributed by atoms with Crippen molar-refractivity contribution < 1.29 is 14.4 Å². The number of rotatable bonds is 4. The van der Waals surface area contributed by atoms with E-state index >= 15 is 0 Å². The lowest BCUT2D eigenvalue weighted by Gasteiger charge is -2.20. The third-order valence-electron chi connectivity index (χ3n) is 2.76. The number of fused-ring (bicyclic) bond motifs is 1. The maximum atomic E-state index is 10.8. The molecule has 0 aliphatic carbocycles. The first-order valence-electron chi connectivity index (χ1n) is 5.77. The molecule has 0 saturated heterocycles. The lowest BCUT2D eigenvalue weighted by Crippen LogP contribution is -2.38. The van der Waals surface area contributed by atoms with Crippen molar-refractivity contribution in [2.75, 3.05) is 25.1 Å². The van der Waals surface area contributed by atoms with E-state index in [9.17, 15) is 10.1 Å². The van der Waals surface area contributed by atoms with E-state index in [4.69, 9.17) is 9.47 Å². The minimum Gasteiger partial charge on any atom is -0.486 e. The quantitative estimate of drug-likeness (QED) is 0.654. The maximum Gasteiger partial charge on any atom is 0.233 e. The molecule has 6 nitrogen and oxygen atoms in total. The lowest BCUT2D eigenvalue weighted by molar-refractivity contribution is -0.556. The number of ether oxygens (including phenoxy) is 2. The molecule has 1 aliphatic heterocycles. The number of nitro groups is 1. The van der Waals surface area contributed by atoms with Crippen LogP contribution in [-0.2, 0) is 0 Å². The van der Waals surface area contributed by atoms with E-state index in [1.54, 1.807) is 26.0 Å². The molecule has 0 amide bonds. The zero-order chi connectivity index (χ0) is 13.2. The fraction of sp³-hybridized carbons (Fsp3) is 0.500. The van der Waals surface area contributed by atoms with Gasteiger partial charge in [0, 0.05) is 30.5 Å². The predicted octanol–water partition coefficient (Wildman–Crippen LogP) is 1.92. The van der Waals surface area contributed by atoms with Gasteiger partial charge in [0.25, 0.3) is 0 Å². The summed E-state index contributed by atoms with van der Waals surface area (Å²) in [5.74, 6) is 1.38. The van der Waals surface area contributed by atoms with Gasteiger partial charge in [-0.15, -0.1) is 0 Å². The van der Waals surface area contributed by atoms with Gasteiger partial charge in [0.05, 0.1) is 6.54 Å². The summed E-state index contributed by atoms with van der Waals surface area (Å²) in [6.45, 7) is 4.49. The molecule has 1 aromatic carbocycles. The van der Waals surface area contributed by atoms with E-state index in [1.807, 2.05) is 6.07 Å². The van der Waals surface area contributed by atoms with Gasteiger partial charge >= 0.3 is 0 Å². The van der Waals surface area contributed by atoms with E-state index < -0.39 is 5.54 Å². The van der Waals surface area contributed by atoms with Crippen molar-refractivity contribution in [1.29, 1.82) is 0 Å². The highest BCUT2D eigenvalue weighted by Crippen LogP contribution is 2.32. The van der Waals surface area contributed by atoms with Gasteiger partial charge in [-0.1, -0.05) is 0 Å². The van der Waals surface area contributed by atoms with E-state index in [-0.39, 0.29) is 11.5 Å². The van der Waals surface area contributed by atoms with Crippen molar-refractivity contribution in [3.05, 3.63) is 28.3 Å². The van der Waals surface area contributed by atoms with Crippen molar-refractivity contribution in [2.45, 2.75) is 19.4 Å². The molecule has 0 aromatic heterocycles. The van der Waals surface area contributed by atoms with Crippen LogP contribution in [0.2, 0.25) is 0 Å². The Balaban J connectivity index is 2.04. The number of benzene rings is 1. The van der Waals surface area contributed by atoms with Gasteiger partial charge < -0.3 is 14.8 Å². The molecule has 98 valence electrons. The standard InChI is InChI=1S/C12H16N2O4/c1-12(2,14(15)16)8-13-9-3-4-10-11(7-9)18-6-5-17-10/h3-4,7,13H,5-6,8H2,1-2H3. The molecule has 6 heteroatoms. The third-order valence-corrected chi connectivity index (χ3v) is 2.76. The second-order valence-corrected chi connectivity index (χ2v) is 4.78. The molecule has 2 rings (SSSR count). The highest BCUT2D eigenvalue weighted by atomic mass is 16.6. The van der Waals surface area contributed by atoms with Crippen LogP contribution in [0.25, 0.3) is 0 Å². The van der Waals surface area contributed by atoms with Crippen molar-refractivity contribution in [3.8, 4) is 11.5 Å². The summed E-state index contributed by atoms with van der Waals surface area (Å²) in [7, 11) is 0. The topological polar surface area (TPSA) is 73.6 Å². The summed E-state index contributed by atoms with van der Waals surface area (Å²) in [6, 6.07) is 5.42. The molecule has 0 saturated carbocycles. The van der Waals surface area contributed by atoms with Crippen LogP contribution < -0.4 is 14.8 Å². The molecule has 1 N–H and O–H groups in total. The largest absolute Gasteiger partial charge is 0.486 e. The SMILES string of the molecule is CC(C)(CNc1ccc2c(c1)OCCO2)[N+](=O)[O-]. The maximum absolute atomic E-state index is 10.8. The van der Waals surface area contributed by atoms with Gasteiger partial charge in [-0.3, -0.25) is 10.1 Å². The molecule has 1 aliphatic rings. The third kappa shape index (κ3) is 2.64. The Hall–Kier alpha value is -1.98. The average Bonchev–Trinajstić information content (AvgIpc) is 2.36. The van der Waals surface area contributed by atoms with Gasteiger partial charge in [-0.2, -0.15) is 0 Å².